The van der Waals surface area contributed by atoms with Crippen LogP contribution in [0.15, 0.2) is 46.4 Å². The SMILES string of the molecule is CCOc1ccc(NC(=O)/C(C#N)=C\c2cc(OC)c(OCC(=O)OC)cc2Br)cc1. The first-order valence-electron chi connectivity index (χ1n) is 9.15. The summed E-state index contributed by atoms with van der Waals surface area (Å²) < 4.78 is 21.1. The Hall–Kier alpha value is -3.51. The third-order valence-electron chi connectivity index (χ3n) is 3.94. The minimum Gasteiger partial charge on any atom is -0.494 e. The van der Waals surface area contributed by atoms with Crippen LogP contribution in [0.25, 0.3) is 6.08 Å². The molecule has 1 amide bonds. The standard InChI is InChI=1S/C22H21BrN2O6/c1-4-30-17-7-5-16(6-8-17)25-22(27)15(12-24)9-14-10-19(28-2)20(11-18(14)23)31-13-21(26)29-3/h5-11H,4,13H2,1-3H3,(H,25,27)/b15-9-. The molecule has 0 aromatic heterocycles. The molecule has 8 nitrogen and oxygen atoms in total. The molecule has 0 aliphatic rings. The predicted molar refractivity (Wildman–Crippen MR) is 118 cm³/mol. The van der Waals surface area contributed by atoms with Gasteiger partial charge < -0.3 is 24.3 Å². The van der Waals surface area contributed by atoms with E-state index in [-0.39, 0.29) is 12.2 Å². The number of carbonyl (C=O) groups excluding carboxylic acids is 2. The van der Waals surface area contributed by atoms with E-state index in [1.807, 2.05) is 13.0 Å². The number of rotatable bonds is 9. The number of methoxy groups -OCH3 is 2. The highest BCUT2D eigenvalue weighted by atomic mass is 79.9. The summed E-state index contributed by atoms with van der Waals surface area (Å²) in [5.41, 5.74) is 0.929. The van der Waals surface area contributed by atoms with Crippen molar-refractivity contribution in [2.75, 3.05) is 32.8 Å². The zero-order valence-corrected chi connectivity index (χ0v) is 18.8. The number of nitrogens with one attached hydrogen (secondary N) is 1. The summed E-state index contributed by atoms with van der Waals surface area (Å²) in [4.78, 5) is 23.8. The van der Waals surface area contributed by atoms with Crippen molar-refractivity contribution in [2.45, 2.75) is 6.92 Å². The summed E-state index contributed by atoms with van der Waals surface area (Å²) in [6.07, 6.45) is 1.42. The summed E-state index contributed by atoms with van der Waals surface area (Å²) in [5.74, 6) is 0.197. The second-order valence-electron chi connectivity index (χ2n) is 5.97. The molecule has 2 aromatic rings. The lowest BCUT2D eigenvalue weighted by Gasteiger charge is -2.12. The molecule has 0 saturated heterocycles. The van der Waals surface area contributed by atoms with Gasteiger partial charge in [-0.05, 0) is 55.0 Å². The van der Waals surface area contributed by atoms with Crippen molar-refractivity contribution in [3.05, 3.63) is 52.0 Å². The maximum absolute atomic E-state index is 12.5. The van der Waals surface area contributed by atoms with Crippen molar-refractivity contribution in [1.82, 2.24) is 0 Å². The zero-order chi connectivity index (χ0) is 22.8. The van der Waals surface area contributed by atoms with E-state index in [0.29, 0.717) is 39.6 Å². The van der Waals surface area contributed by atoms with Crippen LogP contribution in [0.1, 0.15) is 12.5 Å². The maximum atomic E-state index is 12.5. The lowest BCUT2D eigenvalue weighted by atomic mass is 10.1. The van der Waals surface area contributed by atoms with Crippen LogP contribution in [0.5, 0.6) is 17.2 Å². The molecular formula is C22H21BrN2O6. The molecule has 0 radical (unpaired) electrons. The minimum atomic E-state index is -0.566. The van der Waals surface area contributed by atoms with Crippen molar-refractivity contribution in [3.63, 3.8) is 0 Å². The molecule has 0 aliphatic carbocycles. The molecule has 0 saturated carbocycles. The minimum absolute atomic E-state index is 0.111. The van der Waals surface area contributed by atoms with E-state index in [4.69, 9.17) is 14.2 Å². The van der Waals surface area contributed by atoms with E-state index in [0.717, 1.165) is 0 Å². The number of hydrogen-bond acceptors (Lipinski definition) is 7. The first-order valence-corrected chi connectivity index (χ1v) is 9.94. The zero-order valence-electron chi connectivity index (χ0n) is 17.2. The third kappa shape index (κ3) is 6.76. The molecule has 1 N–H and O–H groups in total. The highest BCUT2D eigenvalue weighted by Crippen LogP contribution is 2.34. The van der Waals surface area contributed by atoms with Gasteiger partial charge in [-0.1, -0.05) is 15.9 Å². The van der Waals surface area contributed by atoms with Crippen LogP contribution < -0.4 is 19.5 Å². The lowest BCUT2D eigenvalue weighted by molar-refractivity contribution is -0.142. The van der Waals surface area contributed by atoms with Gasteiger partial charge in [-0.15, -0.1) is 0 Å². The van der Waals surface area contributed by atoms with Gasteiger partial charge in [0.2, 0.25) is 0 Å². The fourth-order valence-electron chi connectivity index (χ4n) is 2.43. The highest BCUT2D eigenvalue weighted by molar-refractivity contribution is 9.10. The lowest BCUT2D eigenvalue weighted by Crippen LogP contribution is -2.13. The van der Waals surface area contributed by atoms with E-state index >= 15 is 0 Å². The fraction of sp³-hybridized carbons (Fsp3) is 0.227. The molecule has 0 heterocycles. The van der Waals surface area contributed by atoms with Crippen LogP contribution in [0.4, 0.5) is 5.69 Å². The molecule has 0 fully saturated rings. The Morgan fingerprint density at radius 1 is 1.13 bits per heavy atom. The number of carbonyl (C=O) groups is 2. The van der Waals surface area contributed by atoms with E-state index < -0.39 is 11.9 Å². The molecule has 0 spiro atoms. The molecule has 0 aliphatic heterocycles. The normalized spacial score (nSPS) is 10.6. The second kappa shape index (κ2) is 11.6. The Bertz CT molecular complexity index is 1010. The number of ether oxygens (including phenoxy) is 4. The fourth-order valence-corrected chi connectivity index (χ4v) is 2.87. The summed E-state index contributed by atoms with van der Waals surface area (Å²) in [6.45, 7) is 2.13. The van der Waals surface area contributed by atoms with Crippen molar-refractivity contribution in [2.24, 2.45) is 0 Å². The van der Waals surface area contributed by atoms with Gasteiger partial charge in [0.05, 0.1) is 20.8 Å². The van der Waals surface area contributed by atoms with E-state index in [9.17, 15) is 14.9 Å². The van der Waals surface area contributed by atoms with Crippen LogP contribution in [0, 0.1) is 11.3 Å². The number of hydrogen-bond donors (Lipinski definition) is 1. The Kier molecular flexibility index (Phi) is 8.91. The van der Waals surface area contributed by atoms with Gasteiger partial charge in [-0.3, -0.25) is 4.79 Å². The van der Waals surface area contributed by atoms with Crippen LogP contribution in [-0.4, -0.2) is 39.3 Å². The Labute approximate surface area is 188 Å². The number of halogens is 1. The van der Waals surface area contributed by atoms with Crippen molar-refractivity contribution < 1.29 is 28.5 Å². The molecule has 162 valence electrons. The van der Waals surface area contributed by atoms with Gasteiger partial charge in [0.25, 0.3) is 5.91 Å². The third-order valence-corrected chi connectivity index (χ3v) is 4.63. The van der Waals surface area contributed by atoms with Gasteiger partial charge >= 0.3 is 5.97 Å². The topological polar surface area (TPSA) is 107 Å². The highest BCUT2D eigenvalue weighted by Gasteiger charge is 2.15. The summed E-state index contributed by atoms with van der Waals surface area (Å²) in [6, 6.07) is 11.9. The summed E-state index contributed by atoms with van der Waals surface area (Å²) in [5, 5.41) is 12.1. The molecule has 9 heteroatoms. The van der Waals surface area contributed by atoms with Crippen LogP contribution >= 0.6 is 15.9 Å². The van der Waals surface area contributed by atoms with Gasteiger partial charge in [0.1, 0.15) is 17.4 Å². The van der Waals surface area contributed by atoms with Crippen LogP contribution in [-0.2, 0) is 14.3 Å². The smallest absolute Gasteiger partial charge is 0.343 e. The first-order chi connectivity index (χ1) is 14.9. The van der Waals surface area contributed by atoms with Crippen LogP contribution in [0.3, 0.4) is 0 Å². The summed E-state index contributed by atoms with van der Waals surface area (Å²) in [7, 11) is 2.69. The number of amides is 1. The molecule has 0 unspecified atom stereocenters. The van der Waals surface area contributed by atoms with Gasteiger partial charge in [-0.25, -0.2) is 4.79 Å². The van der Waals surface area contributed by atoms with Gasteiger partial charge in [0, 0.05) is 10.2 Å². The molecule has 31 heavy (non-hydrogen) atoms. The van der Waals surface area contributed by atoms with Crippen LogP contribution in [0.2, 0.25) is 0 Å². The molecule has 2 rings (SSSR count). The molecule has 0 atom stereocenters. The quantitative estimate of drug-likeness (QED) is 0.323. The van der Waals surface area contributed by atoms with E-state index in [1.165, 1.54) is 20.3 Å². The molecular weight excluding hydrogens is 468 g/mol. The first kappa shape index (κ1) is 23.8. The maximum Gasteiger partial charge on any atom is 0.343 e. The Balaban J connectivity index is 2.23. The average Bonchev–Trinajstić information content (AvgIpc) is 2.78. The average molecular weight is 489 g/mol. The monoisotopic (exact) mass is 488 g/mol. The van der Waals surface area contributed by atoms with Gasteiger partial charge in [0.15, 0.2) is 18.1 Å². The number of anilines is 1. The van der Waals surface area contributed by atoms with E-state index in [2.05, 4.69) is 26.0 Å². The Morgan fingerprint density at radius 3 is 2.42 bits per heavy atom. The van der Waals surface area contributed by atoms with Crippen molar-refractivity contribution in [1.29, 1.82) is 5.26 Å². The predicted octanol–water partition coefficient (Wildman–Crippen LogP) is 3.95. The molecule has 2 aromatic carbocycles. The number of nitriles is 1. The number of nitrogens with zero attached hydrogens (tertiary/aromatic N) is 1. The summed E-state index contributed by atoms with van der Waals surface area (Å²) >= 11 is 3.38. The number of esters is 1. The van der Waals surface area contributed by atoms with E-state index in [1.54, 1.807) is 36.4 Å². The van der Waals surface area contributed by atoms with Crippen molar-refractivity contribution in [3.8, 4) is 23.3 Å². The Morgan fingerprint density at radius 2 is 1.84 bits per heavy atom. The van der Waals surface area contributed by atoms with Gasteiger partial charge in [-0.2, -0.15) is 5.26 Å². The van der Waals surface area contributed by atoms with Crippen molar-refractivity contribution >= 4 is 39.6 Å². The second-order valence-corrected chi connectivity index (χ2v) is 6.83. The largest absolute Gasteiger partial charge is 0.494 e. The number of benzene rings is 2. The molecule has 0 bridgehead atoms.